The first-order valence-electron chi connectivity index (χ1n) is 6.61. The maximum atomic E-state index is 11.3. The van der Waals surface area contributed by atoms with Gasteiger partial charge in [-0.05, 0) is 24.3 Å². The van der Waals surface area contributed by atoms with Crippen LogP contribution >= 0.6 is 0 Å². The highest BCUT2D eigenvalue weighted by molar-refractivity contribution is 5.78. The molecule has 0 radical (unpaired) electrons. The summed E-state index contributed by atoms with van der Waals surface area (Å²) in [7, 11) is 0. The van der Waals surface area contributed by atoms with Gasteiger partial charge in [0.15, 0.2) is 0 Å². The summed E-state index contributed by atoms with van der Waals surface area (Å²) in [4.78, 5) is 11.3. The summed E-state index contributed by atoms with van der Waals surface area (Å²) < 4.78 is 2.19. The van der Waals surface area contributed by atoms with Crippen molar-refractivity contribution >= 4 is 5.91 Å². The minimum Gasteiger partial charge on any atom is -0.388 e. The van der Waals surface area contributed by atoms with E-state index in [4.69, 9.17) is 0 Å². The lowest BCUT2D eigenvalue weighted by Crippen LogP contribution is -2.28. The second-order valence-corrected chi connectivity index (χ2v) is 6.35. The molecular formula is C14H20N2O2. The van der Waals surface area contributed by atoms with Crippen LogP contribution in [0.3, 0.4) is 0 Å². The Morgan fingerprint density at radius 3 is 2.94 bits per heavy atom. The number of nitrogens with one attached hydrogen (secondary N) is 1. The van der Waals surface area contributed by atoms with Gasteiger partial charge in [0, 0.05) is 30.4 Å². The Labute approximate surface area is 107 Å². The summed E-state index contributed by atoms with van der Waals surface area (Å²) in [6.07, 6.45) is 4.00. The van der Waals surface area contributed by atoms with Gasteiger partial charge in [-0.25, -0.2) is 0 Å². The minimum atomic E-state index is -0.366. The summed E-state index contributed by atoms with van der Waals surface area (Å²) in [5.41, 5.74) is 2.38. The summed E-state index contributed by atoms with van der Waals surface area (Å²) >= 11 is 0. The Morgan fingerprint density at radius 2 is 2.28 bits per heavy atom. The zero-order valence-corrected chi connectivity index (χ0v) is 10.9. The zero-order chi connectivity index (χ0) is 12.9. The molecule has 1 aromatic heterocycles. The maximum absolute atomic E-state index is 11.3. The third-order valence-electron chi connectivity index (χ3n) is 4.16. The average molecular weight is 248 g/mol. The molecule has 1 aromatic rings. The molecule has 2 unspecified atom stereocenters. The monoisotopic (exact) mass is 248 g/mol. The van der Waals surface area contributed by atoms with Gasteiger partial charge in [0.25, 0.3) is 0 Å². The molecule has 3 rings (SSSR count). The average Bonchev–Trinajstić information content (AvgIpc) is 2.82. The van der Waals surface area contributed by atoms with Crippen molar-refractivity contribution in [1.29, 1.82) is 0 Å². The van der Waals surface area contributed by atoms with Crippen LogP contribution in [0.5, 0.6) is 0 Å². The molecule has 0 aromatic carbocycles. The van der Waals surface area contributed by atoms with E-state index in [1.807, 2.05) is 12.3 Å². The van der Waals surface area contributed by atoms with Crippen molar-refractivity contribution < 1.29 is 9.90 Å². The first-order valence-corrected chi connectivity index (χ1v) is 6.61. The lowest BCUT2D eigenvalue weighted by Gasteiger charge is -2.34. The van der Waals surface area contributed by atoms with Crippen LogP contribution in [0.15, 0.2) is 12.3 Å². The first kappa shape index (κ1) is 11.8. The predicted octanol–water partition coefficient (Wildman–Crippen LogP) is 1.55. The molecule has 0 saturated carbocycles. The molecule has 4 nitrogen and oxygen atoms in total. The Kier molecular flexibility index (Phi) is 2.52. The maximum Gasteiger partial charge on any atom is 0.222 e. The van der Waals surface area contributed by atoms with Gasteiger partial charge in [0.05, 0.1) is 12.1 Å². The number of carbonyl (C=O) groups excluding carboxylic acids is 1. The number of nitrogens with zero attached hydrogens (tertiary/aromatic N) is 1. The van der Waals surface area contributed by atoms with Crippen LogP contribution in [-0.4, -0.2) is 22.1 Å². The molecule has 1 aliphatic carbocycles. The topological polar surface area (TPSA) is 54.3 Å². The van der Waals surface area contributed by atoms with Gasteiger partial charge in [-0.3, -0.25) is 4.79 Å². The molecule has 1 saturated heterocycles. The minimum absolute atomic E-state index is 0.123. The van der Waals surface area contributed by atoms with Gasteiger partial charge < -0.3 is 15.0 Å². The number of carbonyl (C=O) groups is 1. The van der Waals surface area contributed by atoms with Crippen molar-refractivity contribution in [3.05, 3.63) is 23.5 Å². The molecule has 2 N–H and O–H groups in total. The number of aliphatic hydroxyl groups excluding tert-OH is 1. The van der Waals surface area contributed by atoms with Crippen molar-refractivity contribution in [2.45, 2.75) is 45.3 Å². The highest BCUT2D eigenvalue weighted by atomic mass is 16.3. The molecule has 0 bridgehead atoms. The van der Waals surface area contributed by atoms with Crippen LogP contribution in [-0.2, 0) is 11.2 Å². The molecule has 2 heterocycles. The van der Waals surface area contributed by atoms with Crippen LogP contribution in [0.1, 0.15) is 50.1 Å². The smallest absolute Gasteiger partial charge is 0.222 e. The van der Waals surface area contributed by atoms with Crippen LogP contribution in [0.4, 0.5) is 0 Å². The van der Waals surface area contributed by atoms with Gasteiger partial charge in [0.1, 0.15) is 0 Å². The van der Waals surface area contributed by atoms with E-state index >= 15 is 0 Å². The molecule has 1 amide bonds. The normalized spacial score (nSPS) is 30.1. The number of fused-ring (bicyclic) bond motifs is 1. The standard InChI is InChI=1S/C14H20N2O2/c1-14(2)6-11-10(12(17)7-14)3-4-16(11)9-5-13(18)15-8-9/h3-4,9,12,17H,5-8H2,1-2H3,(H,15,18). The van der Waals surface area contributed by atoms with Crippen LogP contribution in [0.25, 0.3) is 0 Å². The summed E-state index contributed by atoms with van der Waals surface area (Å²) in [6.45, 7) is 5.08. The van der Waals surface area contributed by atoms with Crippen molar-refractivity contribution in [3.8, 4) is 0 Å². The molecule has 2 atom stereocenters. The fourth-order valence-electron chi connectivity index (χ4n) is 3.28. The first-order chi connectivity index (χ1) is 8.46. The molecule has 1 aliphatic heterocycles. The van der Waals surface area contributed by atoms with Gasteiger partial charge in [0.2, 0.25) is 5.91 Å². The van der Waals surface area contributed by atoms with E-state index in [2.05, 4.69) is 23.7 Å². The fraction of sp³-hybridized carbons (Fsp3) is 0.643. The van der Waals surface area contributed by atoms with Crippen LogP contribution in [0, 0.1) is 5.41 Å². The van der Waals surface area contributed by atoms with Crippen molar-refractivity contribution in [2.75, 3.05) is 6.54 Å². The van der Waals surface area contributed by atoms with Crippen molar-refractivity contribution in [3.63, 3.8) is 0 Å². The molecule has 18 heavy (non-hydrogen) atoms. The van der Waals surface area contributed by atoms with E-state index in [1.165, 1.54) is 5.69 Å². The van der Waals surface area contributed by atoms with Gasteiger partial charge >= 0.3 is 0 Å². The van der Waals surface area contributed by atoms with Gasteiger partial charge in [-0.2, -0.15) is 0 Å². The Hall–Kier alpha value is -1.29. The van der Waals surface area contributed by atoms with E-state index in [-0.39, 0.29) is 23.5 Å². The van der Waals surface area contributed by atoms with E-state index in [0.717, 1.165) is 18.4 Å². The van der Waals surface area contributed by atoms with Crippen molar-refractivity contribution in [1.82, 2.24) is 9.88 Å². The highest BCUT2D eigenvalue weighted by Crippen LogP contribution is 2.42. The summed E-state index contributed by atoms with van der Waals surface area (Å²) in [6, 6.07) is 2.22. The van der Waals surface area contributed by atoms with E-state index in [0.29, 0.717) is 13.0 Å². The zero-order valence-electron chi connectivity index (χ0n) is 10.9. The molecule has 2 aliphatic rings. The second-order valence-electron chi connectivity index (χ2n) is 6.35. The molecule has 1 fully saturated rings. The van der Waals surface area contributed by atoms with E-state index in [9.17, 15) is 9.90 Å². The van der Waals surface area contributed by atoms with E-state index < -0.39 is 0 Å². The van der Waals surface area contributed by atoms with Gasteiger partial charge in [-0.15, -0.1) is 0 Å². The number of amides is 1. The second kappa shape index (κ2) is 3.85. The number of aliphatic hydroxyl groups is 1. The quantitative estimate of drug-likeness (QED) is 0.792. The Bertz CT molecular complexity index is 490. The van der Waals surface area contributed by atoms with Gasteiger partial charge in [-0.1, -0.05) is 13.8 Å². The van der Waals surface area contributed by atoms with Crippen molar-refractivity contribution in [2.24, 2.45) is 5.41 Å². The molecular weight excluding hydrogens is 228 g/mol. The summed E-state index contributed by atoms with van der Waals surface area (Å²) in [5, 5.41) is 13.1. The Morgan fingerprint density at radius 1 is 1.50 bits per heavy atom. The number of aromatic nitrogens is 1. The lowest BCUT2D eigenvalue weighted by molar-refractivity contribution is -0.119. The molecule has 4 heteroatoms. The third-order valence-corrected chi connectivity index (χ3v) is 4.16. The number of hydrogen-bond acceptors (Lipinski definition) is 2. The Balaban J connectivity index is 1.97. The van der Waals surface area contributed by atoms with E-state index in [1.54, 1.807) is 0 Å². The lowest BCUT2D eigenvalue weighted by atomic mass is 9.75. The fourth-order valence-corrected chi connectivity index (χ4v) is 3.28. The molecule has 0 spiro atoms. The summed E-state index contributed by atoms with van der Waals surface area (Å²) in [5.74, 6) is 0.123. The largest absolute Gasteiger partial charge is 0.388 e. The predicted molar refractivity (Wildman–Crippen MR) is 68.2 cm³/mol. The number of hydrogen-bond donors (Lipinski definition) is 2. The van der Waals surface area contributed by atoms with Crippen LogP contribution in [0.2, 0.25) is 0 Å². The van der Waals surface area contributed by atoms with Crippen LogP contribution < -0.4 is 5.32 Å². The number of rotatable bonds is 1. The molecule has 98 valence electrons. The third kappa shape index (κ3) is 1.85. The SMILES string of the molecule is CC1(C)Cc2c(ccn2C2CNC(=O)C2)C(O)C1. The highest BCUT2D eigenvalue weighted by Gasteiger charge is 2.35.